The Hall–Kier alpha value is -2.19. The molecule has 3 N–H and O–H groups in total. The average Bonchev–Trinajstić information content (AvgIpc) is 3.03. The smallest absolute Gasteiger partial charge is 0.395 e. The maximum absolute atomic E-state index is 12.5. The summed E-state index contributed by atoms with van der Waals surface area (Å²) in [6, 6.07) is 7.52. The third-order valence-electron chi connectivity index (χ3n) is 3.28. The number of nitrogens with zero attached hydrogens (tertiary/aromatic N) is 1. The number of pyridine rings is 1. The van der Waals surface area contributed by atoms with Crippen LogP contribution in [0.2, 0.25) is 0 Å². The van der Waals surface area contributed by atoms with E-state index in [2.05, 4.69) is 11.1 Å². The van der Waals surface area contributed by atoms with Gasteiger partial charge >= 0.3 is 6.18 Å². The molecule has 0 fully saturated rings. The first-order valence-electron chi connectivity index (χ1n) is 6.84. The third-order valence-corrected chi connectivity index (χ3v) is 5.54. The molecule has 24 heavy (non-hydrogen) atoms. The van der Waals surface area contributed by atoms with Crippen molar-refractivity contribution in [1.29, 1.82) is 5.41 Å². The molecule has 0 aliphatic carbocycles. The molecule has 3 heterocycles. The highest BCUT2D eigenvalue weighted by molar-refractivity contribution is 7.29. The number of allylic oxidation sites excluding steroid dienone is 2. The number of aromatic nitrogens is 1. The number of nitrogens with one attached hydrogen (secondary N) is 1. The van der Waals surface area contributed by atoms with E-state index in [1.807, 2.05) is 13.0 Å². The van der Waals surface area contributed by atoms with Gasteiger partial charge in [-0.25, -0.2) is 0 Å². The van der Waals surface area contributed by atoms with Gasteiger partial charge in [0.1, 0.15) is 5.70 Å². The summed E-state index contributed by atoms with van der Waals surface area (Å²) in [4.78, 5) is 6.19. The molecule has 124 valence electrons. The first kappa shape index (κ1) is 16.7. The zero-order valence-corrected chi connectivity index (χ0v) is 14.1. The maximum Gasteiger partial charge on any atom is 0.430 e. The second-order valence-corrected chi connectivity index (χ2v) is 7.51. The van der Waals surface area contributed by atoms with Gasteiger partial charge in [0, 0.05) is 25.4 Å². The predicted octanol–water partition coefficient (Wildman–Crippen LogP) is 5.11. The van der Waals surface area contributed by atoms with Crippen molar-refractivity contribution in [2.24, 2.45) is 5.73 Å². The SMILES string of the molecule is Cc1cc2sc(-c3ccnc(C(=N)C=C(N)C(F)(F)F)c3)cc2s1. The molecule has 0 aliphatic rings. The van der Waals surface area contributed by atoms with Gasteiger partial charge in [0.2, 0.25) is 0 Å². The third kappa shape index (κ3) is 3.34. The van der Waals surface area contributed by atoms with E-state index >= 15 is 0 Å². The van der Waals surface area contributed by atoms with Gasteiger partial charge in [-0.2, -0.15) is 13.2 Å². The normalized spacial score (nSPS) is 12.8. The Kier molecular flexibility index (Phi) is 4.18. The van der Waals surface area contributed by atoms with Crippen molar-refractivity contribution in [2.45, 2.75) is 13.1 Å². The highest BCUT2D eigenvalue weighted by Gasteiger charge is 2.31. The zero-order chi connectivity index (χ0) is 17.5. The van der Waals surface area contributed by atoms with Gasteiger partial charge in [0.25, 0.3) is 0 Å². The fourth-order valence-electron chi connectivity index (χ4n) is 2.14. The van der Waals surface area contributed by atoms with Gasteiger partial charge in [0.15, 0.2) is 0 Å². The summed E-state index contributed by atoms with van der Waals surface area (Å²) in [5.74, 6) is 0. The molecule has 8 heteroatoms. The molecule has 3 nitrogen and oxygen atoms in total. The van der Waals surface area contributed by atoms with Crippen LogP contribution in [-0.2, 0) is 0 Å². The van der Waals surface area contributed by atoms with E-state index in [4.69, 9.17) is 11.1 Å². The van der Waals surface area contributed by atoms with Crippen molar-refractivity contribution in [2.75, 3.05) is 0 Å². The van der Waals surface area contributed by atoms with Crippen LogP contribution in [0.3, 0.4) is 0 Å². The molecule has 0 unspecified atom stereocenters. The lowest BCUT2D eigenvalue weighted by atomic mass is 10.1. The summed E-state index contributed by atoms with van der Waals surface area (Å²) >= 11 is 3.29. The molecular weight excluding hydrogens is 355 g/mol. The number of hydrogen-bond donors (Lipinski definition) is 2. The van der Waals surface area contributed by atoms with Crippen molar-refractivity contribution in [3.8, 4) is 10.4 Å². The second-order valence-electron chi connectivity index (χ2n) is 5.14. The van der Waals surface area contributed by atoms with E-state index in [0.717, 1.165) is 10.4 Å². The topological polar surface area (TPSA) is 62.8 Å². The standard InChI is InChI=1S/C16H12F3N3S2/c1-8-4-13-14(23-8)7-12(24-13)9-2-3-22-11(5-9)10(20)6-15(21)16(17,18)19/h2-7,20H,21H2,1H3. The number of hydrogen-bond acceptors (Lipinski definition) is 5. The van der Waals surface area contributed by atoms with E-state index in [0.29, 0.717) is 6.08 Å². The van der Waals surface area contributed by atoms with Crippen LogP contribution < -0.4 is 5.73 Å². The molecule has 3 rings (SSSR count). The minimum atomic E-state index is -4.65. The van der Waals surface area contributed by atoms with E-state index in [9.17, 15) is 13.2 Å². The average molecular weight is 367 g/mol. The highest BCUT2D eigenvalue weighted by atomic mass is 32.1. The summed E-state index contributed by atoms with van der Waals surface area (Å²) in [6.07, 6.45) is -2.59. The monoisotopic (exact) mass is 367 g/mol. The maximum atomic E-state index is 12.5. The molecule has 0 atom stereocenters. The molecule has 3 aromatic rings. The Morgan fingerprint density at radius 2 is 1.92 bits per heavy atom. The van der Waals surface area contributed by atoms with Gasteiger partial charge in [-0.15, -0.1) is 22.7 Å². The van der Waals surface area contributed by atoms with Crippen LogP contribution in [0.1, 0.15) is 10.6 Å². The number of thiophene rings is 2. The fourth-order valence-corrected chi connectivity index (χ4v) is 4.45. The summed E-state index contributed by atoms with van der Waals surface area (Å²) in [7, 11) is 0. The van der Waals surface area contributed by atoms with E-state index in [1.54, 1.807) is 34.8 Å². The summed E-state index contributed by atoms with van der Waals surface area (Å²) in [5, 5.41) is 7.79. The largest absolute Gasteiger partial charge is 0.430 e. The van der Waals surface area contributed by atoms with Crippen LogP contribution in [0.5, 0.6) is 0 Å². The molecule has 0 saturated carbocycles. The van der Waals surface area contributed by atoms with Crippen molar-refractivity contribution >= 4 is 37.8 Å². The summed E-state index contributed by atoms with van der Waals surface area (Å²) in [5.41, 5.74) is 4.23. The fraction of sp³-hybridized carbons (Fsp3) is 0.125. The van der Waals surface area contributed by atoms with Gasteiger partial charge in [-0.3, -0.25) is 10.4 Å². The van der Waals surface area contributed by atoms with Gasteiger partial charge in [-0.05, 0) is 42.8 Å². The minimum absolute atomic E-state index is 0.146. The van der Waals surface area contributed by atoms with E-state index < -0.39 is 11.9 Å². The Balaban J connectivity index is 1.94. The minimum Gasteiger partial charge on any atom is -0.395 e. The highest BCUT2D eigenvalue weighted by Crippen LogP contribution is 2.38. The number of nitrogens with two attached hydrogens (primary N) is 1. The predicted molar refractivity (Wildman–Crippen MR) is 92.8 cm³/mol. The van der Waals surface area contributed by atoms with Crippen LogP contribution in [0.4, 0.5) is 13.2 Å². The van der Waals surface area contributed by atoms with Crippen molar-refractivity contribution in [3.63, 3.8) is 0 Å². The molecule has 3 aromatic heterocycles. The molecule has 0 spiro atoms. The lowest BCUT2D eigenvalue weighted by Gasteiger charge is -2.07. The molecule has 0 aromatic carbocycles. The molecule has 0 radical (unpaired) electrons. The Bertz CT molecular complexity index is 920. The summed E-state index contributed by atoms with van der Waals surface area (Å²) < 4.78 is 39.8. The molecule has 0 aliphatic heterocycles. The van der Waals surface area contributed by atoms with Crippen molar-refractivity contribution in [3.05, 3.63) is 52.8 Å². The quantitative estimate of drug-likeness (QED) is 0.632. The van der Waals surface area contributed by atoms with Crippen molar-refractivity contribution in [1.82, 2.24) is 4.98 Å². The number of fused-ring (bicyclic) bond motifs is 1. The van der Waals surface area contributed by atoms with Gasteiger partial charge < -0.3 is 5.73 Å². The van der Waals surface area contributed by atoms with Gasteiger partial charge in [-0.1, -0.05) is 0 Å². The lowest BCUT2D eigenvalue weighted by molar-refractivity contribution is -0.0925. The first-order valence-corrected chi connectivity index (χ1v) is 8.47. The van der Waals surface area contributed by atoms with Crippen LogP contribution in [0, 0.1) is 12.3 Å². The Morgan fingerprint density at radius 1 is 1.21 bits per heavy atom. The number of alkyl halides is 3. The first-order chi connectivity index (χ1) is 11.2. The molecule has 0 saturated heterocycles. The lowest BCUT2D eigenvalue weighted by Crippen LogP contribution is -2.20. The summed E-state index contributed by atoms with van der Waals surface area (Å²) in [6.45, 7) is 2.04. The van der Waals surface area contributed by atoms with Crippen LogP contribution in [0.15, 0.2) is 42.2 Å². The van der Waals surface area contributed by atoms with Crippen molar-refractivity contribution < 1.29 is 13.2 Å². The van der Waals surface area contributed by atoms with E-state index in [1.165, 1.54) is 20.5 Å². The van der Waals surface area contributed by atoms with Crippen LogP contribution in [0.25, 0.3) is 19.8 Å². The molecule has 0 amide bonds. The Morgan fingerprint density at radius 3 is 2.58 bits per heavy atom. The van der Waals surface area contributed by atoms with Gasteiger partial charge in [0.05, 0.1) is 11.4 Å². The number of halogens is 3. The second kappa shape index (κ2) is 6.03. The molecular formula is C16H12F3N3S2. The molecule has 0 bridgehead atoms. The zero-order valence-electron chi connectivity index (χ0n) is 12.4. The number of aryl methyl sites for hydroxylation is 1. The van der Waals surface area contributed by atoms with Crippen LogP contribution >= 0.6 is 22.7 Å². The van der Waals surface area contributed by atoms with Crippen LogP contribution in [-0.4, -0.2) is 16.9 Å². The van der Waals surface area contributed by atoms with E-state index in [-0.39, 0.29) is 11.4 Å². The Labute approximate surface area is 143 Å². The number of rotatable bonds is 3.